The third-order valence-corrected chi connectivity index (χ3v) is 4.79. The molecule has 0 saturated heterocycles. The van der Waals surface area contributed by atoms with Crippen molar-refractivity contribution in [3.63, 3.8) is 0 Å². The maximum atomic E-state index is 12.2. The van der Waals surface area contributed by atoms with Crippen molar-refractivity contribution in [1.29, 1.82) is 0 Å². The molecule has 0 heterocycles. The average molecular weight is 271 g/mol. The molecule has 1 amide bonds. The van der Waals surface area contributed by atoms with Gasteiger partial charge >= 0.3 is 0 Å². The van der Waals surface area contributed by atoms with Crippen LogP contribution >= 0.6 is 0 Å². The summed E-state index contributed by atoms with van der Waals surface area (Å²) < 4.78 is 0. The van der Waals surface area contributed by atoms with Gasteiger partial charge in [-0.25, -0.2) is 0 Å². The molecule has 0 aliphatic heterocycles. The van der Waals surface area contributed by atoms with Gasteiger partial charge in [0.25, 0.3) is 5.91 Å². The predicted molar refractivity (Wildman–Crippen MR) is 77.4 cm³/mol. The molecule has 106 valence electrons. The van der Waals surface area contributed by atoms with Gasteiger partial charge in [0.2, 0.25) is 0 Å². The Bertz CT molecular complexity index is 497. The molecule has 2 aliphatic rings. The van der Waals surface area contributed by atoms with E-state index in [1.807, 2.05) is 30.3 Å². The number of benzene rings is 1. The topological polar surface area (TPSA) is 46.2 Å². The van der Waals surface area contributed by atoms with Crippen molar-refractivity contribution >= 4 is 11.7 Å². The van der Waals surface area contributed by atoms with E-state index in [0.29, 0.717) is 17.6 Å². The zero-order valence-electron chi connectivity index (χ0n) is 11.7. The second-order valence-corrected chi connectivity index (χ2v) is 6.15. The predicted octanol–water partition coefficient (Wildman–Crippen LogP) is 2.95. The molecule has 2 saturated carbocycles. The minimum Gasteiger partial charge on any atom is -0.349 e. The zero-order chi connectivity index (χ0) is 13.9. The zero-order valence-corrected chi connectivity index (χ0v) is 11.7. The van der Waals surface area contributed by atoms with Gasteiger partial charge in [-0.15, -0.1) is 0 Å². The number of rotatable bonds is 2. The minimum atomic E-state index is 0.0286. The van der Waals surface area contributed by atoms with E-state index in [-0.39, 0.29) is 11.9 Å². The van der Waals surface area contributed by atoms with E-state index in [1.54, 1.807) is 0 Å². The van der Waals surface area contributed by atoms with Crippen molar-refractivity contribution in [2.24, 2.45) is 11.8 Å². The van der Waals surface area contributed by atoms with Crippen LogP contribution < -0.4 is 5.32 Å². The van der Waals surface area contributed by atoms with Crippen molar-refractivity contribution in [3.8, 4) is 0 Å². The standard InChI is InChI=1S/C17H21NO2/c19-16-9-7-13-10-15(8-6-14(13)11-16)18-17(20)12-4-2-1-3-5-12/h1-5,13-15H,6-11H2,(H,18,20)/t13-,14+,15-/m1/s1. The highest BCUT2D eigenvalue weighted by atomic mass is 16.1. The first kappa shape index (κ1) is 13.3. The number of fused-ring (bicyclic) bond motifs is 1. The minimum absolute atomic E-state index is 0.0286. The Morgan fingerprint density at radius 2 is 1.85 bits per heavy atom. The molecule has 0 spiro atoms. The second kappa shape index (κ2) is 5.78. The van der Waals surface area contributed by atoms with Crippen LogP contribution in [0.2, 0.25) is 0 Å². The average Bonchev–Trinajstić information content (AvgIpc) is 2.48. The van der Waals surface area contributed by atoms with Gasteiger partial charge in [-0.3, -0.25) is 9.59 Å². The lowest BCUT2D eigenvalue weighted by molar-refractivity contribution is -0.123. The Morgan fingerprint density at radius 1 is 1.05 bits per heavy atom. The van der Waals surface area contributed by atoms with Crippen molar-refractivity contribution in [2.45, 2.75) is 44.6 Å². The Hall–Kier alpha value is -1.64. The fourth-order valence-electron chi connectivity index (χ4n) is 3.68. The molecular formula is C17H21NO2. The first-order chi connectivity index (χ1) is 9.72. The Morgan fingerprint density at radius 3 is 2.65 bits per heavy atom. The fraction of sp³-hybridized carbons (Fsp3) is 0.529. The van der Waals surface area contributed by atoms with Gasteiger partial charge < -0.3 is 5.32 Å². The third-order valence-electron chi connectivity index (χ3n) is 4.79. The molecule has 3 nitrogen and oxygen atoms in total. The van der Waals surface area contributed by atoms with Crippen molar-refractivity contribution < 1.29 is 9.59 Å². The molecule has 1 aromatic rings. The van der Waals surface area contributed by atoms with E-state index in [1.165, 1.54) is 0 Å². The lowest BCUT2D eigenvalue weighted by atomic mass is 9.69. The van der Waals surface area contributed by atoms with Crippen LogP contribution in [0.1, 0.15) is 48.9 Å². The number of hydrogen-bond acceptors (Lipinski definition) is 2. The van der Waals surface area contributed by atoms with Crippen LogP contribution in [0.5, 0.6) is 0 Å². The summed E-state index contributed by atoms with van der Waals surface area (Å²) in [6.07, 6.45) is 5.64. The number of hydrogen-bond donors (Lipinski definition) is 1. The summed E-state index contributed by atoms with van der Waals surface area (Å²) in [5, 5.41) is 3.16. The van der Waals surface area contributed by atoms with Gasteiger partial charge in [-0.1, -0.05) is 18.2 Å². The second-order valence-electron chi connectivity index (χ2n) is 6.15. The molecule has 1 N–H and O–H groups in total. The summed E-state index contributed by atoms with van der Waals surface area (Å²) in [5.41, 5.74) is 0.730. The largest absolute Gasteiger partial charge is 0.349 e. The summed E-state index contributed by atoms with van der Waals surface area (Å²) in [4.78, 5) is 23.7. The number of Topliss-reactive ketones (excluding diaryl/α,β-unsaturated/α-hetero) is 1. The molecule has 3 heteroatoms. The van der Waals surface area contributed by atoms with Crippen LogP contribution in [0.15, 0.2) is 30.3 Å². The van der Waals surface area contributed by atoms with E-state index in [2.05, 4.69) is 5.32 Å². The van der Waals surface area contributed by atoms with Crippen LogP contribution in [-0.2, 0) is 4.79 Å². The molecule has 3 rings (SSSR count). The van der Waals surface area contributed by atoms with Crippen molar-refractivity contribution in [3.05, 3.63) is 35.9 Å². The maximum absolute atomic E-state index is 12.2. The summed E-state index contributed by atoms with van der Waals surface area (Å²) >= 11 is 0. The molecule has 0 unspecified atom stereocenters. The first-order valence-corrected chi connectivity index (χ1v) is 7.60. The van der Waals surface area contributed by atoms with E-state index >= 15 is 0 Å². The summed E-state index contributed by atoms with van der Waals surface area (Å²) in [5.74, 6) is 1.66. The highest BCUT2D eigenvalue weighted by Crippen LogP contribution is 2.39. The van der Waals surface area contributed by atoms with Gasteiger partial charge in [0.05, 0.1) is 0 Å². The summed E-state index contributed by atoms with van der Waals surface area (Å²) in [7, 11) is 0. The monoisotopic (exact) mass is 271 g/mol. The molecule has 2 fully saturated rings. The van der Waals surface area contributed by atoms with Crippen LogP contribution in [0.4, 0.5) is 0 Å². The number of carbonyl (C=O) groups is 2. The molecule has 1 aromatic carbocycles. The van der Waals surface area contributed by atoms with E-state index in [9.17, 15) is 9.59 Å². The third kappa shape index (κ3) is 2.92. The quantitative estimate of drug-likeness (QED) is 0.899. The number of nitrogens with one attached hydrogen (secondary N) is 1. The van der Waals surface area contributed by atoms with Crippen LogP contribution in [-0.4, -0.2) is 17.7 Å². The van der Waals surface area contributed by atoms with Gasteiger partial charge in [0.15, 0.2) is 0 Å². The highest BCUT2D eigenvalue weighted by molar-refractivity contribution is 5.94. The lowest BCUT2D eigenvalue weighted by Gasteiger charge is -2.38. The fourth-order valence-corrected chi connectivity index (χ4v) is 3.68. The van der Waals surface area contributed by atoms with E-state index in [4.69, 9.17) is 0 Å². The molecule has 20 heavy (non-hydrogen) atoms. The van der Waals surface area contributed by atoms with Crippen LogP contribution in [0, 0.1) is 11.8 Å². The smallest absolute Gasteiger partial charge is 0.251 e. The highest BCUT2D eigenvalue weighted by Gasteiger charge is 2.35. The normalized spacial score (nSPS) is 29.6. The number of carbonyl (C=O) groups excluding carboxylic acids is 2. The van der Waals surface area contributed by atoms with Crippen LogP contribution in [0.25, 0.3) is 0 Å². The molecule has 0 radical (unpaired) electrons. The Labute approximate surface area is 119 Å². The van der Waals surface area contributed by atoms with Gasteiger partial charge in [-0.05, 0) is 49.7 Å². The van der Waals surface area contributed by atoms with Gasteiger partial charge in [0, 0.05) is 24.4 Å². The molecule has 2 aliphatic carbocycles. The van der Waals surface area contributed by atoms with Crippen molar-refractivity contribution in [2.75, 3.05) is 0 Å². The van der Waals surface area contributed by atoms with E-state index in [0.717, 1.165) is 44.1 Å². The number of amides is 1. The Balaban J connectivity index is 1.57. The van der Waals surface area contributed by atoms with Crippen LogP contribution in [0.3, 0.4) is 0 Å². The summed E-state index contributed by atoms with van der Waals surface area (Å²) in [6.45, 7) is 0. The molecule has 3 atom stereocenters. The van der Waals surface area contributed by atoms with E-state index < -0.39 is 0 Å². The SMILES string of the molecule is O=C1CC[C@@H]2C[C@H](NC(=O)c3ccccc3)CC[C@H]2C1. The van der Waals surface area contributed by atoms with Crippen molar-refractivity contribution in [1.82, 2.24) is 5.32 Å². The lowest BCUT2D eigenvalue weighted by Crippen LogP contribution is -2.42. The molecular weight excluding hydrogens is 250 g/mol. The molecule has 0 bridgehead atoms. The van der Waals surface area contributed by atoms with Gasteiger partial charge in [-0.2, -0.15) is 0 Å². The number of ketones is 1. The molecule has 0 aromatic heterocycles. The Kier molecular flexibility index (Phi) is 3.86. The first-order valence-electron chi connectivity index (χ1n) is 7.60. The maximum Gasteiger partial charge on any atom is 0.251 e. The van der Waals surface area contributed by atoms with Gasteiger partial charge in [0.1, 0.15) is 5.78 Å². The summed E-state index contributed by atoms with van der Waals surface area (Å²) in [6, 6.07) is 9.66.